The van der Waals surface area contributed by atoms with Crippen LogP contribution in [-0.2, 0) is 9.53 Å². The monoisotopic (exact) mass is 374 g/mol. The lowest BCUT2D eigenvalue weighted by atomic mass is 10.1. The maximum absolute atomic E-state index is 11.2. The molecule has 0 aromatic heterocycles. The van der Waals surface area contributed by atoms with Crippen molar-refractivity contribution < 1.29 is 9.53 Å². The number of hydrogen-bond donors (Lipinski definition) is 0. The fraction of sp³-hybridized carbons (Fsp3) is 0.800. The molecule has 0 aliphatic rings. The van der Waals surface area contributed by atoms with E-state index in [1.807, 2.05) is 6.92 Å². The number of rotatable bonds is 17. The van der Waals surface area contributed by atoms with E-state index in [2.05, 4.69) is 30.6 Å². The molecule has 0 fully saturated rings. The zero-order chi connectivity index (χ0) is 19.8. The molecule has 2 heteroatoms. The molecular weight excluding hydrogens is 332 g/mol. The molecule has 0 radical (unpaired) electrons. The smallest absolute Gasteiger partial charge is 0.305 e. The standard InChI is InChI=1S/C25H42O2/c1-3-5-6-7-8-9-10-11-12-13-14-15-16-17-18-19-20-21-22-23-24-25(26)27-4-2/h3-12,17-24H2,1-2H3. The molecule has 0 heterocycles. The number of unbranched alkanes of at least 4 members (excludes halogenated alkanes) is 14. The van der Waals surface area contributed by atoms with E-state index in [0.29, 0.717) is 13.0 Å². The van der Waals surface area contributed by atoms with Crippen molar-refractivity contribution in [3.05, 3.63) is 0 Å². The molecular formula is C25H42O2. The van der Waals surface area contributed by atoms with Crippen LogP contribution in [0.15, 0.2) is 0 Å². The van der Waals surface area contributed by atoms with Crippen LogP contribution in [-0.4, -0.2) is 12.6 Å². The van der Waals surface area contributed by atoms with Gasteiger partial charge in [-0.25, -0.2) is 0 Å². The van der Waals surface area contributed by atoms with Crippen LogP contribution >= 0.6 is 0 Å². The topological polar surface area (TPSA) is 26.3 Å². The molecule has 0 spiro atoms. The van der Waals surface area contributed by atoms with Crippen molar-refractivity contribution in [2.45, 2.75) is 123 Å². The van der Waals surface area contributed by atoms with Gasteiger partial charge in [0.1, 0.15) is 0 Å². The molecule has 0 amide bonds. The summed E-state index contributed by atoms with van der Waals surface area (Å²) in [4.78, 5) is 11.2. The Morgan fingerprint density at radius 3 is 1.56 bits per heavy atom. The summed E-state index contributed by atoms with van der Waals surface area (Å²) in [7, 11) is 0. The minimum absolute atomic E-state index is 0.0590. The van der Waals surface area contributed by atoms with Gasteiger partial charge >= 0.3 is 5.97 Å². The van der Waals surface area contributed by atoms with Gasteiger partial charge < -0.3 is 4.74 Å². The van der Waals surface area contributed by atoms with Crippen LogP contribution < -0.4 is 0 Å². The molecule has 0 unspecified atom stereocenters. The third kappa shape index (κ3) is 22.5. The van der Waals surface area contributed by atoms with Crippen LogP contribution in [0.2, 0.25) is 0 Å². The minimum Gasteiger partial charge on any atom is -0.466 e. The summed E-state index contributed by atoms with van der Waals surface area (Å²) in [6, 6.07) is 0. The first-order chi connectivity index (χ1) is 13.3. The number of carbonyl (C=O) groups is 1. The lowest BCUT2D eigenvalue weighted by Crippen LogP contribution is -2.03. The Hall–Kier alpha value is -1.41. The second-order valence-corrected chi connectivity index (χ2v) is 7.25. The first kappa shape index (κ1) is 25.6. The first-order valence-electron chi connectivity index (χ1n) is 11.4. The predicted octanol–water partition coefficient (Wildman–Crippen LogP) is 7.21. The number of hydrogen-bond acceptors (Lipinski definition) is 2. The van der Waals surface area contributed by atoms with Crippen LogP contribution in [0.1, 0.15) is 123 Å². The summed E-state index contributed by atoms with van der Waals surface area (Å²) in [6.07, 6.45) is 20.2. The van der Waals surface area contributed by atoms with Crippen molar-refractivity contribution in [2.24, 2.45) is 0 Å². The lowest BCUT2D eigenvalue weighted by molar-refractivity contribution is -0.143. The van der Waals surface area contributed by atoms with Gasteiger partial charge in [0, 0.05) is 19.3 Å². The number of ether oxygens (including phenoxy) is 1. The highest BCUT2D eigenvalue weighted by Crippen LogP contribution is 2.10. The second kappa shape index (κ2) is 22.6. The third-order valence-electron chi connectivity index (χ3n) is 4.63. The molecule has 0 aromatic rings. The van der Waals surface area contributed by atoms with Gasteiger partial charge in [0.05, 0.1) is 6.61 Å². The Bertz CT molecular complexity index is 444. The van der Waals surface area contributed by atoms with Crippen molar-refractivity contribution in [1.29, 1.82) is 0 Å². The predicted molar refractivity (Wildman–Crippen MR) is 116 cm³/mol. The zero-order valence-electron chi connectivity index (χ0n) is 18.0. The van der Waals surface area contributed by atoms with Gasteiger partial charge in [0.2, 0.25) is 0 Å². The normalized spacial score (nSPS) is 9.85. The maximum atomic E-state index is 11.2. The average Bonchev–Trinajstić information content (AvgIpc) is 2.66. The highest BCUT2D eigenvalue weighted by atomic mass is 16.5. The van der Waals surface area contributed by atoms with Gasteiger partial charge in [0.25, 0.3) is 0 Å². The molecule has 0 aromatic carbocycles. The van der Waals surface area contributed by atoms with Crippen molar-refractivity contribution in [3.63, 3.8) is 0 Å². The van der Waals surface area contributed by atoms with Gasteiger partial charge in [-0.1, -0.05) is 89.4 Å². The highest BCUT2D eigenvalue weighted by molar-refractivity contribution is 5.69. The minimum atomic E-state index is -0.0590. The van der Waals surface area contributed by atoms with Crippen molar-refractivity contribution in [3.8, 4) is 23.7 Å². The second-order valence-electron chi connectivity index (χ2n) is 7.25. The Kier molecular flexibility index (Phi) is 21.4. The molecule has 0 rings (SSSR count). The summed E-state index contributed by atoms with van der Waals surface area (Å²) in [6.45, 7) is 4.60. The molecule has 0 aliphatic heterocycles. The molecule has 0 saturated carbocycles. The number of carbonyl (C=O) groups excluding carboxylic acids is 1. The Morgan fingerprint density at radius 2 is 1.07 bits per heavy atom. The van der Waals surface area contributed by atoms with Gasteiger partial charge in [-0.3, -0.25) is 4.79 Å². The molecule has 154 valence electrons. The molecule has 27 heavy (non-hydrogen) atoms. The van der Waals surface area contributed by atoms with E-state index in [9.17, 15) is 4.79 Å². The first-order valence-corrected chi connectivity index (χ1v) is 11.4. The lowest BCUT2D eigenvalue weighted by Gasteiger charge is -2.01. The highest BCUT2D eigenvalue weighted by Gasteiger charge is 2.00. The van der Waals surface area contributed by atoms with Crippen LogP contribution in [0.25, 0.3) is 0 Å². The average molecular weight is 375 g/mol. The SMILES string of the molecule is CCCCCCCCCCC#CC#CCCCCCCCCC(=O)OCC. The van der Waals surface area contributed by atoms with Crippen molar-refractivity contribution in [2.75, 3.05) is 6.61 Å². The fourth-order valence-electron chi connectivity index (χ4n) is 2.98. The fourth-order valence-corrected chi connectivity index (χ4v) is 2.98. The largest absolute Gasteiger partial charge is 0.466 e. The third-order valence-corrected chi connectivity index (χ3v) is 4.63. The van der Waals surface area contributed by atoms with Gasteiger partial charge in [0.15, 0.2) is 0 Å². The quantitative estimate of drug-likeness (QED) is 0.153. The summed E-state index contributed by atoms with van der Waals surface area (Å²) in [5, 5.41) is 0. The maximum Gasteiger partial charge on any atom is 0.305 e. The van der Waals surface area contributed by atoms with E-state index in [0.717, 1.165) is 32.1 Å². The van der Waals surface area contributed by atoms with Gasteiger partial charge in [-0.15, -0.1) is 0 Å². The van der Waals surface area contributed by atoms with Crippen LogP contribution in [0, 0.1) is 23.7 Å². The molecule has 0 aliphatic carbocycles. The van der Waals surface area contributed by atoms with E-state index in [1.165, 1.54) is 70.6 Å². The Labute approximate surface area is 169 Å². The Morgan fingerprint density at radius 1 is 0.630 bits per heavy atom. The molecule has 0 N–H and O–H groups in total. The van der Waals surface area contributed by atoms with Crippen molar-refractivity contribution in [1.82, 2.24) is 0 Å². The van der Waals surface area contributed by atoms with E-state index in [1.54, 1.807) is 0 Å². The summed E-state index contributed by atoms with van der Waals surface area (Å²) < 4.78 is 4.92. The van der Waals surface area contributed by atoms with E-state index >= 15 is 0 Å². The molecule has 0 saturated heterocycles. The Balaban J connectivity index is 3.29. The summed E-state index contributed by atoms with van der Waals surface area (Å²) >= 11 is 0. The van der Waals surface area contributed by atoms with Gasteiger partial charge in [-0.05, 0) is 38.0 Å². The van der Waals surface area contributed by atoms with Crippen LogP contribution in [0.4, 0.5) is 0 Å². The molecule has 0 bridgehead atoms. The summed E-state index contributed by atoms with van der Waals surface area (Å²) in [5.41, 5.74) is 0. The van der Waals surface area contributed by atoms with Gasteiger partial charge in [-0.2, -0.15) is 0 Å². The van der Waals surface area contributed by atoms with Crippen LogP contribution in [0.3, 0.4) is 0 Å². The molecule has 0 atom stereocenters. The van der Waals surface area contributed by atoms with E-state index in [4.69, 9.17) is 4.74 Å². The van der Waals surface area contributed by atoms with Crippen LogP contribution in [0.5, 0.6) is 0 Å². The van der Waals surface area contributed by atoms with E-state index < -0.39 is 0 Å². The van der Waals surface area contributed by atoms with Crippen molar-refractivity contribution >= 4 is 5.97 Å². The molecule has 2 nitrogen and oxygen atoms in total. The summed E-state index contributed by atoms with van der Waals surface area (Å²) in [5.74, 6) is 12.3. The number of esters is 1. The zero-order valence-corrected chi connectivity index (χ0v) is 18.0. The van der Waals surface area contributed by atoms with E-state index in [-0.39, 0.29) is 5.97 Å².